The van der Waals surface area contributed by atoms with Crippen LogP contribution in [0.25, 0.3) is 0 Å². The van der Waals surface area contributed by atoms with Crippen molar-refractivity contribution in [2.24, 2.45) is 0 Å². The fraction of sp³-hybridized carbons (Fsp3) is 0.455. The molecule has 2 aliphatic heterocycles. The predicted molar refractivity (Wildman–Crippen MR) is 104 cm³/mol. The van der Waals surface area contributed by atoms with Crippen molar-refractivity contribution < 1.29 is 9.47 Å². The molecule has 27 heavy (non-hydrogen) atoms. The van der Waals surface area contributed by atoms with Crippen molar-refractivity contribution >= 4 is 5.82 Å². The number of benzene rings is 1. The smallest absolute Gasteiger partial charge is 0.147 e. The summed E-state index contributed by atoms with van der Waals surface area (Å²) in [5, 5.41) is 10.0. The third kappa shape index (κ3) is 3.69. The zero-order valence-corrected chi connectivity index (χ0v) is 16.0. The average molecular weight is 363 g/mol. The molecule has 140 valence electrons. The van der Waals surface area contributed by atoms with Gasteiger partial charge in [-0.25, -0.2) is 4.98 Å². The van der Waals surface area contributed by atoms with Crippen LogP contribution in [0, 0.1) is 11.3 Å². The van der Waals surface area contributed by atoms with E-state index >= 15 is 0 Å². The van der Waals surface area contributed by atoms with E-state index in [1.807, 2.05) is 18.2 Å². The molecule has 3 heterocycles. The van der Waals surface area contributed by atoms with Gasteiger partial charge in [-0.2, -0.15) is 5.26 Å². The number of ether oxygens (including phenoxy) is 2. The van der Waals surface area contributed by atoms with Gasteiger partial charge in [-0.15, -0.1) is 0 Å². The van der Waals surface area contributed by atoms with E-state index in [9.17, 15) is 5.26 Å². The zero-order chi connectivity index (χ0) is 18.9. The number of fused-ring (bicyclic) bond motifs is 1. The molecule has 0 saturated carbocycles. The molecule has 0 N–H and O–H groups in total. The van der Waals surface area contributed by atoms with E-state index in [2.05, 4.69) is 36.9 Å². The second-order valence-corrected chi connectivity index (χ2v) is 7.81. The normalized spacial score (nSPS) is 18.6. The average Bonchev–Trinajstić information content (AvgIpc) is 2.68. The Morgan fingerprint density at radius 3 is 2.63 bits per heavy atom. The molecule has 0 radical (unpaired) electrons. The molecule has 0 bridgehead atoms. The van der Waals surface area contributed by atoms with Gasteiger partial charge < -0.3 is 14.4 Å². The summed E-state index contributed by atoms with van der Waals surface area (Å²) in [4.78, 5) is 7.17. The van der Waals surface area contributed by atoms with E-state index < -0.39 is 0 Å². The molecule has 1 aromatic heterocycles. The molecule has 5 heteroatoms. The van der Waals surface area contributed by atoms with Crippen LogP contribution >= 0.6 is 0 Å². The predicted octanol–water partition coefficient (Wildman–Crippen LogP) is 3.23. The maximum Gasteiger partial charge on any atom is 0.147 e. The summed E-state index contributed by atoms with van der Waals surface area (Å²) in [5.41, 5.74) is 4.86. The molecule has 1 aromatic carbocycles. The van der Waals surface area contributed by atoms with Gasteiger partial charge in [0.2, 0.25) is 0 Å². The molecule has 1 fully saturated rings. The molecule has 4 rings (SSSR count). The first-order valence-corrected chi connectivity index (χ1v) is 9.53. The molecule has 2 aliphatic rings. The number of anilines is 1. The van der Waals surface area contributed by atoms with Gasteiger partial charge in [-0.05, 0) is 31.4 Å². The van der Waals surface area contributed by atoms with Gasteiger partial charge >= 0.3 is 0 Å². The summed E-state index contributed by atoms with van der Waals surface area (Å²) in [7, 11) is 0. The van der Waals surface area contributed by atoms with Gasteiger partial charge in [-0.3, -0.25) is 0 Å². The Morgan fingerprint density at radius 2 is 1.93 bits per heavy atom. The lowest BCUT2D eigenvalue weighted by molar-refractivity contribution is -0.0416. The van der Waals surface area contributed by atoms with Gasteiger partial charge in [-0.1, -0.05) is 30.3 Å². The van der Waals surface area contributed by atoms with Crippen LogP contribution in [0.5, 0.6) is 0 Å². The van der Waals surface area contributed by atoms with Gasteiger partial charge in [0.05, 0.1) is 36.7 Å². The summed E-state index contributed by atoms with van der Waals surface area (Å²) < 4.78 is 11.6. The van der Waals surface area contributed by atoms with Gasteiger partial charge in [0.15, 0.2) is 0 Å². The van der Waals surface area contributed by atoms with Crippen LogP contribution in [0.15, 0.2) is 30.3 Å². The number of nitrogens with zero attached hydrogens (tertiary/aromatic N) is 3. The van der Waals surface area contributed by atoms with E-state index in [0.717, 1.165) is 48.6 Å². The van der Waals surface area contributed by atoms with Crippen LogP contribution < -0.4 is 4.90 Å². The summed E-state index contributed by atoms with van der Waals surface area (Å²) >= 11 is 0. The van der Waals surface area contributed by atoms with E-state index in [1.165, 1.54) is 5.56 Å². The molecule has 0 atom stereocenters. The highest BCUT2D eigenvalue weighted by Crippen LogP contribution is 2.35. The van der Waals surface area contributed by atoms with E-state index in [-0.39, 0.29) is 5.60 Å². The number of pyridine rings is 1. The lowest BCUT2D eigenvalue weighted by Gasteiger charge is -2.35. The topological polar surface area (TPSA) is 58.4 Å². The monoisotopic (exact) mass is 363 g/mol. The van der Waals surface area contributed by atoms with Crippen molar-refractivity contribution in [3.63, 3.8) is 0 Å². The van der Waals surface area contributed by atoms with Crippen molar-refractivity contribution in [2.75, 3.05) is 31.2 Å². The SMILES string of the molecule is CC1(C)Cc2nc(N3CCOCC3)c(C#N)c(Cc3ccccc3)c2CO1. The van der Waals surface area contributed by atoms with E-state index in [0.29, 0.717) is 25.4 Å². The van der Waals surface area contributed by atoms with Crippen LogP contribution in [0.1, 0.15) is 41.8 Å². The highest BCUT2D eigenvalue weighted by atomic mass is 16.5. The quantitative estimate of drug-likeness (QED) is 0.838. The number of rotatable bonds is 3. The molecule has 0 unspecified atom stereocenters. The standard InChI is InChI=1S/C22H25N3O2/c1-22(2)13-20-19(15-27-22)17(12-16-6-4-3-5-7-16)18(14-23)21(24-20)25-8-10-26-11-9-25/h3-7H,8-13,15H2,1-2H3. The highest BCUT2D eigenvalue weighted by Gasteiger charge is 2.32. The second-order valence-electron chi connectivity index (χ2n) is 7.81. The molecular formula is C22H25N3O2. The van der Waals surface area contributed by atoms with Crippen molar-refractivity contribution in [2.45, 2.75) is 38.9 Å². The molecule has 0 amide bonds. The number of nitriles is 1. The fourth-order valence-electron chi connectivity index (χ4n) is 3.87. The van der Waals surface area contributed by atoms with Crippen molar-refractivity contribution in [1.29, 1.82) is 5.26 Å². The first-order chi connectivity index (χ1) is 13.1. The Balaban J connectivity index is 1.85. The summed E-state index contributed by atoms with van der Waals surface area (Å²) in [6.07, 6.45) is 1.48. The molecular weight excluding hydrogens is 338 g/mol. The highest BCUT2D eigenvalue weighted by molar-refractivity contribution is 5.62. The van der Waals surface area contributed by atoms with Crippen molar-refractivity contribution in [3.05, 3.63) is 58.3 Å². The Hall–Kier alpha value is -2.42. The molecule has 2 aromatic rings. The maximum atomic E-state index is 10.0. The maximum absolute atomic E-state index is 10.0. The zero-order valence-electron chi connectivity index (χ0n) is 16.0. The second kappa shape index (κ2) is 7.30. The Kier molecular flexibility index (Phi) is 4.86. The van der Waals surface area contributed by atoms with Crippen LogP contribution in [0.3, 0.4) is 0 Å². The lowest BCUT2D eigenvalue weighted by atomic mass is 9.88. The Morgan fingerprint density at radius 1 is 1.19 bits per heavy atom. The van der Waals surface area contributed by atoms with Crippen LogP contribution in [0.2, 0.25) is 0 Å². The molecule has 5 nitrogen and oxygen atoms in total. The van der Waals surface area contributed by atoms with Crippen molar-refractivity contribution in [1.82, 2.24) is 4.98 Å². The summed E-state index contributed by atoms with van der Waals surface area (Å²) in [6, 6.07) is 12.8. The minimum absolute atomic E-state index is 0.236. The Labute approximate surface area is 160 Å². The molecule has 0 aliphatic carbocycles. The van der Waals surface area contributed by atoms with Crippen LogP contribution in [0.4, 0.5) is 5.82 Å². The van der Waals surface area contributed by atoms with Crippen LogP contribution in [-0.4, -0.2) is 36.9 Å². The molecule has 0 spiro atoms. The van der Waals surface area contributed by atoms with E-state index in [4.69, 9.17) is 14.5 Å². The number of hydrogen-bond acceptors (Lipinski definition) is 5. The Bertz CT molecular complexity index is 865. The third-order valence-electron chi connectivity index (χ3n) is 5.33. The van der Waals surface area contributed by atoms with E-state index in [1.54, 1.807) is 0 Å². The van der Waals surface area contributed by atoms with Crippen LogP contribution in [-0.2, 0) is 28.9 Å². The minimum Gasteiger partial charge on any atom is -0.378 e. The fourth-order valence-corrected chi connectivity index (χ4v) is 3.87. The van der Waals surface area contributed by atoms with Gasteiger partial charge in [0, 0.05) is 25.1 Å². The first-order valence-electron chi connectivity index (χ1n) is 9.53. The van der Waals surface area contributed by atoms with Crippen molar-refractivity contribution in [3.8, 4) is 6.07 Å². The summed E-state index contributed by atoms with van der Waals surface area (Å²) in [6.45, 7) is 7.59. The minimum atomic E-state index is -0.236. The number of hydrogen-bond donors (Lipinski definition) is 0. The summed E-state index contributed by atoms with van der Waals surface area (Å²) in [5.74, 6) is 0.809. The number of morpholine rings is 1. The van der Waals surface area contributed by atoms with Gasteiger partial charge in [0.25, 0.3) is 0 Å². The first kappa shape index (κ1) is 18.0. The van der Waals surface area contributed by atoms with Gasteiger partial charge in [0.1, 0.15) is 11.9 Å². The lowest BCUT2D eigenvalue weighted by Crippen LogP contribution is -2.39. The molecule has 1 saturated heterocycles. The number of aromatic nitrogens is 1. The largest absolute Gasteiger partial charge is 0.378 e. The third-order valence-corrected chi connectivity index (χ3v) is 5.33.